The van der Waals surface area contributed by atoms with Gasteiger partial charge in [0.05, 0.1) is 5.92 Å². The van der Waals surface area contributed by atoms with Crippen molar-refractivity contribution in [3.8, 4) is 0 Å². The third-order valence-electron chi connectivity index (χ3n) is 2.47. The normalized spacial score (nSPS) is 33.4. The Balaban J connectivity index is 2.06. The lowest BCUT2D eigenvalue weighted by molar-refractivity contribution is -0.142. The Bertz CT molecular complexity index is 281. The van der Waals surface area contributed by atoms with E-state index in [0.717, 1.165) is 0 Å². The van der Waals surface area contributed by atoms with Crippen LogP contribution in [0.1, 0.15) is 12.8 Å². The largest absolute Gasteiger partial charge is 0.462 e. The molecule has 0 aromatic heterocycles. The van der Waals surface area contributed by atoms with E-state index in [4.69, 9.17) is 9.47 Å². The van der Waals surface area contributed by atoms with Crippen molar-refractivity contribution in [1.82, 2.24) is 0 Å². The highest BCUT2D eigenvalue weighted by Crippen LogP contribution is 2.30. The highest BCUT2D eigenvalue weighted by molar-refractivity contribution is 5.90. The summed E-state index contributed by atoms with van der Waals surface area (Å²) in [6.07, 6.45) is 0.897. The summed E-state index contributed by atoms with van der Waals surface area (Å²) in [4.78, 5) is 21.8. The van der Waals surface area contributed by atoms with Crippen molar-refractivity contribution in [1.29, 1.82) is 0 Å². The second-order valence-electron chi connectivity index (χ2n) is 3.30. The molecule has 0 bridgehead atoms. The van der Waals surface area contributed by atoms with E-state index in [1.165, 1.54) is 0 Å². The van der Waals surface area contributed by atoms with Gasteiger partial charge >= 0.3 is 11.9 Å². The summed E-state index contributed by atoms with van der Waals surface area (Å²) in [6.45, 7) is 3.92. The lowest BCUT2D eigenvalue weighted by Crippen LogP contribution is -2.21. The molecule has 0 N–H and O–H groups in total. The molecule has 70 valence electrons. The Kier molecular flexibility index (Phi) is 1.83. The number of ether oxygens (including phenoxy) is 2. The minimum absolute atomic E-state index is 0.126. The minimum Gasteiger partial charge on any atom is -0.462 e. The van der Waals surface area contributed by atoms with Gasteiger partial charge in [-0.05, 0) is 6.42 Å². The van der Waals surface area contributed by atoms with E-state index < -0.39 is 0 Å². The molecule has 2 atom stereocenters. The van der Waals surface area contributed by atoms with Gasteiger partial charge in [0.15, 0.2) is 0 Å². The van der Waals surface area contributed by atoms with Gasteiger partial charge in [0, 0.05) is 12.0 Å². The maximum absolute atomic E-state index is 11.0. The van der Waals surface area contributed by atoms with Crippen molar-refractivity contribution in [2.45, 2.75) is 18.9 Å². The molecule has 2 unspecified atom stereocenters. The van der Waals surface area contributed by atoms with Gasteiger partial charge in [-0.15, -0.1) is 0 Å². The van der Waals surface area contributed by atoms with E-state index >= 15 is 0 Å². The highest BCUT2D eigenvalue weighted by atomic mass is 16.6. The number of rotatable bonds is 1. The standard InChI is InChI=1S/C9H10O4/c1-5-6(4-12-9(5)11)7-2-3-8(10)13-7/h6-7H,1-4H2. The average molecular weight is 182 g/mol. The molecule has 0 amide bonds. The summed E-state index contributed by atoms with van der Waals surface area (Å²) in [5.74, 6) is -0.691. The molecular formula is C9H10O4. The van der Waals surface area contributed by atoms with E-state index in [-0.39, 0.29) is 24.0 Å². The van der Waals surface area contributed by atoms with Gasteiger partial charge in [-0.25, -0.2) is 4.79 Å². The minimum atomic E-state index is -0.368. The molecule has 0 saturated carbocycles. The summed E-state index contributed by atoms with van der Waals surface area (Å²) < 4.78 is 9.83. The zero-order valence-corrected chi connectivity index (χ0v) is 7.12. The van der Waals surface area contributed by atoms with Gasteiger partial charge in [-0.1, -0.05) is 6.58 Å². The fourth-order valence-corrected chi connectivity index (χ4v) is 1.67. The summed E-state index contributed by atoms with van der Waals surface area (Å²) in [6, 6.07) is 0. The van der Waals surface area contributed by atoms with Crippen molar-refractivity contribution in [3.05, 3.63) is 12.2 Å². The van der Waals surface area contributed by atoms with Crippen molar-refractivity contribution in [2.75, 3.05) is 6.61 Å². The third-order valence-corrected chi connectivity index (χ3v) is 2.47. The quantitative estimate of drug-likeness (QED) is 0.435. The van der Waals surface area contributed by atoms with E-state index in [2.05, 4.69) is 6.58 Å². The number of hydrogen-bond acceptors (Lipinski definition) is 4. The first-order valence-corrected chi connectivity index (χ1v) is 4.24. The van der Waals surface area contributed by atoms with Crippen LogP contribution >= 0.6 is 0 Å². The van der Waals surface area contributed by atoms with Gasteiger partial charge in [-0.2, -0.15) is 0 Å². The second-order valence-corrected chi connectivity index (χ2v) is 3.30. The first-order valence-electron chi connectivity index (χ1n) is 4.24. The van der Waals surface area contributed by atoms with Crippen LogP contribution in [-0.2, 0) is 19.1 Å². The number of esters is 2. The van der Waals surface area contributed by atoms with Crippen LogP contribution in [0.5, 0.6) is 0 Å². The van der Waals surface area contributed by atoms with Crippen LogP contribution in [0.2, 0.25) is 0 Å². The van der Waals surface area contributed by atoms with Gasteiger partial charge in [-0.3, -0.25) is 4.79 Å². The molecule has 2 rings (SSSR count). The van der Waals surface area contributed by atoms with Crippen LogP contribution < -0.4 is 0 Å². The van der Waals surface area contributed by atoms with Crippen molar-refractivity contribution >= 4 is 11.9 Å². The molecule has 2 aliphatic heterocycles. The molecule has 0 aromatic carbocycles. The van der Waals surface area contributed by atoms with E-state index in [0.29, 0.717) is 25.0 Å². The summed E-state index contributed by atoms with van der Waals surface area (Å²) in [5, 5.41) is 0. The van der Waals surface area contributed by atoms with Gasteiger partial charge in [0.2, 0.25) is 0 Å². The molecule has 0 aliphatic carbocycles. The predicted octanol–water partition coefficient (Wildman–Crippen LogP) is 0.421. The SMILES string of the molecule is C=C1C(=O)OCC1C1CCC(=O)O1. The second kappa shape index (κ2) is 2.87. The smallest absolute Gasteiger partial charge is 0.333 e. The topological polar surface area (TPSA) is 52.6 Å². The maximum atomic E-state index is 11.0. The van der Waals surface area contributed by atoms with Crippen LogP contribution in [0, 0.1) is 5.92 Å². The maximum Gasteiger partial charge on any atom is 0.333 e. The van der Waals surface area contributed by atoms with Gasteiger partial charge < -0.3 is 9.47 Å². The Morgan fingerprint density at radius 1 is 1.38 bits per heavy atom. The van der Waals surface area contributed by atoms with Crippen molar-refractivity contribution in [2.24, 2.45) is 5.92 Å². The monoisotopic (exact) mass is 182 g/mol. The fraction of sp³-hybridized carbons (Fsp3) is 0.556. The molecule has 2 aliphatic rings. The lowest BCUT2D eigenvalue weighted by atomic mass is 9.95. The first-order chi connectivity index (χ1) is 6.18. The number of cyclic esters (lactones) is 2. The zero-order valence-electron chi connectivity index (χ0n) is 7.12. The molecular weight excluding hydrogens is 172 g/mol. The van der Waals surface area contributed by atoms with Gasteiger partial charge in [0.25, 0.3) is 0 Å². The van der Waals surface area contributed by atoms with Crippen LogP contribution in [0.3, 0.4) is 0 Å². The Labute approximate surface area is 75.5 Å². The summed E-state index contributed by atoms with van der Waals surface area (Å²) in [5.41, 5.74) is 0.430. The Morgan fingerprint density at radius 2 is 2.15 bits per heavy atom. The first kappa shape index (κ1) is 8.29. The number of carbonyl (C=O) groups excluding carboxylic acids is 2. The summed E-state index contributed by atoms with van der Waals surface area (Å²) >= 11 is 0. The molecule has 13 heavy (non-hydrogen) atoms. The third kappa shape index (κ3) is 1.32. The van der Waals surface area contributed by atoms with Crippen LogP contribution in [0.4, 0.5) is 0 Å². The van der Waals surface area contributed by atoms with Crippen molar-refractivity contribution in [3.63, 3.8) is 0 Å². The molecule has 0 aromatic rings. The van der Waals surface area contributed by atoms with E-state index in [1.807, 2.05) is 0 Å². The number of hydrogen-bond donors (Lipinski definition) is 0. The van der Waals surface area contributed by atoms with E-state index in [1.54, 1.807) is 0 Å². The molecule has 4 nitrogen and oxygen atoms in total. The molecule has 4 heteroatoms. The molecule has 2 fully saturated rings. The average Bonchev–Trinajstić information content (AvgIpc) is 2.62. The van der Waals surface area contributed by atoms with Crippen LogP contribution in [-0.4, -0.2) is 24.6 Å². The Morgan fingerprint density at radius 3 is 2.62 bits per heavy atom. The zero-order chi connectivity index (χ0) is 9.42. The molecule has 2 heterocycles. The van der Waals surface area contributed by atoms with Crippen LogP contribution in [0.25, 0.3) is 0 Å². The van der Waals surface area contributed by atoms with Gasteiger partial charge in [0.1, 0.15) is 12.7 Å². The molecule has 2 saturated heterocycles. The fourth-order valence-electron chi connectivity index (χ4n) is 1.67. The van der Waals surface area contributed by atoms with E-state index in [9.17, 15) is 9.59 Å². The molecule has 0 radical (unpaired) electrons. The summed E-state index contributed by atoms with van der Waals surface area (Å²) in [7, 11) is 0. The Hall–Kier alpha value is -1.32. The number of carbonyl (C=O) groups is 2. The molecule has 0 spiro atoms. The van der Waals surface area contributed by atoms with Crippen LogP contribution in [0.15, 0.2) is 12.2 Å². The predicted molar refractivity (Wildman–Crippen MR) is 42.7 cm³/mol. The highest BCUT2D eigenvalue weighted by Gasteiger charge is 2.39. The van der Waals surface area contributed by atoms with Crippen molar-refractivity contribution < 1.29 is 19.1 Å². The lowest BCUT2D eigenvalue weighted by Gasteiger charge is -2.14.